The van der Waals surface area contributed by atoms with Gasteiger partial charge in [0.15, 0.2) is 0 Å². The predicted molar refractivity (Wildman–Crippen MR) is 96.0 cm³/mol. The van der Waals surface area contributed by atoms with Gasteiger partial charge in [0.05, 0.1) is 5.56 Å². The number of hydrogen-bond donors (Lipinski definition) is 2. The lowest BCUT2D eigenvalue weighted by Gasteiger charge is -2.22. The molecule has 130 valence electrons. The van der Waals surface area contributed by atoms with Crippen LogP contribution < -0.4 is 11.1 Å². The van der Waals surface area contributed by atoms with Crippen molar-refractivity contribution in [2.45, 2.75) is 26.4 Å². The van der Waals surface area contributed by atoms with Crippen LogP contribution in [0.25, 0.3) is 0 Å². The summed E-state index contributed by atoms with van der Waals surface area (Å²) in [5, 5.41) is 7.47. The third-order valence-corrected chi connectivity index (χ3v) is 5.10. The molecule has 1 aliphatic rings. The summed E-state index contributed by atoms with van der Waals surface area (Å²) in [5.74, 6) is -0.773. The van der Waals surface area contributed by atoms with Gasteiger partial charge in [-0.3, -0.25) is 14.3 Å². The molecule has 3 rings (SSSR count). The van der Waals surface area contributed by atoms with Crippen LogP contribution in [0.5, 0.6) is 0 Å². The van der Waals surface area contributed by atoms with Crippen molar-refractivity contribution in [3.8, 4) is 0 Å². The highest BCUT2D eigenvalue weighted by atomic mass is 35.5. The maximum absolute atomic E-state index is 12.5. The summed E-state index contributed by atoms with van der Waals surface area (Å²) in [6, 6.07) is 1.66. The first-order valence-electron chi connectivity index (χ1n) is 7.47. The largest absolute Gasteiger partial charge is 0.365 e. The van der Waals surface area contributed by atoms with E-state index in [4.69, 9.17) is 5.73 Å². The third kappa shape index (κ3) is 3.31. The Morgan fingerprint density at radius 1 is 1.46 bits per heavy atom. The lowest BCUT2D eigenvalue weighted by Crippen LogP contribution is -2.27. The number of likely N-dealkylation sites (N-methyl/N-ethyl adjacent to an activating group) is 1. The fourth-order valence-corrected chi connectivity index (χ4v) is 4.15. The molecule has 2 aromatic heterocycles. The van der Waals surface area contributed by atoms with Gasteiger partial charge in [-0.25, -0.2) is 0 Å². The zero-order valence-corrected chi connectivity index (χ0v) is 15.2. The molecule has 0 fully saturated rings. The number of rotatable bonds is 4. The minimum absolute atomic E-state index is 0. The molecule has 0 saturated heterocycles. The molecule has 3 heterocycles. The second-order valence-corrected chi connectivity index (χ2v) is 6.65. The van der Waals surface area contributed by atoms with Gasteiger partial charge in [0.2, 0.25) is 0 Å². The average molecular weight is 370 g/mol. The van der Waals surface area contributed by atoms with E-state index >= 15 is 0 Å². The quantitative estimate of drug-likeness (QED) is 0.858. The summed E-state index contributed by atoms with van der Waals surface area (Å²) in [4.78, 5) is 27.6. The van der Waals surface area contributed by atoms with Crippen LogP contribution in [-0.2, 0) is 19.5 Å². The molecule has 0 spiro atoms. The summed E-state index contributed by atoms with van der Waals surface area (Å²) in [5.41, 5.74) is 7.44. The molecule has 0 bridgehead atoms. The van der Waals surface area contributed by atoms with E-state index in [-0.39, 0.29) is 18.3 Å². The van der Waals surface area contributed by atoms with Gasteiger partial charge in [0.25, 0.3) is 11.8 Å². The van der Waals surface area contributed by atoms with E-state index in [2.05, 4.69) is 15.3 Å². The van der Waals surface area contributed by atoms with Crippen LogP contribution in [0.3, 0.4) is 0 Å². The molecule has 9 heteroatoms. The average Bonchev–Trinajstić information content (AvgIpc) is 3.09. The summed E-state index contributed by atoms with van der Waals surface area (Å²) in [6.07, 6.45) is 2.35. The molecule has 0 radical (unpaired) electrons. The molecular weight excluding hydrogens is 350 g/mol. The zero-order valence-electron chi connectivity index (χ0n) is 13.5. The first-order valence-corrected chi connectivity index (χ1v) is 8.29. The van der Waals surface area contributed by atoms with Crippen molar-refractivity contribution >= 4 is 40.6 Å². The molecule has 7 nitrogen and oxygen atoms in total. The Kier molecular flexibility index (Phi) is 5.63. The smallest absolute Gasteiger partial charge is 0.274 e. The number of anilines is 1. The number of amides is 2. The number of primary amides is 1. The second-order valence-electron chi connectivity index (χ2n) is 5.55. The molecule has 0 unspecified atom stereocenters. The Hall–Kier alpha value is -1.90. The third-order valence-electron chi connectivity index (χ3n) is 3.97. The highest BCUT2D eigenvalue weighted by Crippen LogP contribution is 2.36. The number of carbonyl (C=O) groups excluding carboxylic acids is 2. The van der Waals surface area contributed by atoms with Crippen molar-refractivity contribution in [2.24, 2.45) is 5.73 Å². The lowest BCUT2D eigenvalue weighted by molar-refractivity contribution is 0.1000. The topological polar surface area (TPSA) is 93.2 Å². The number of nitrogens with one attached hydrogen (secondary N) is 1. The van der Waals surface area contributed by atoms with Gasteiger partial charge in [-0.05, 0) is 32.0 Å². The van der Waals surface area contributed by atoms with Crippen molar-refractivity contribution in [3.05, 3.63) is 34.0 Å². The Morgan fingerprint density at radius 2 is 2.21 bits per heavy atom. The van der Waals surface area contributed by atoms with Gasteiger partial charge in [0.1, 0.15) is 10.7 Å². The van der Waals surface area contributed by atoms with E-state index in [0.29, 0.717) is 22.8 Å². The van der Waals surface area contributed by atoms with Crippen molar-refractivity contribution in [1.82, 2.24) is 14.7 Å². The van der Waals surface area contributed by atoms with E-state index < -0.39 is 5.91 Å². The van der Waals surface area contributed by atoms with Crippen molar-refractivity contribution in [3.63, 3.8) is 0 Å². The number of thiophene rings is 1. The van der Waals surface area contributed by atoms with Crippen LogP contribution in [0.1, 0.15) is 38.2 Å². The summed E-state index contributed by atoms with van der Waals surface area (Å²) >= 11 is 1.43. The lowest BCUT2D eigenvalue weighted by atomic mass is 10.0. The number of nitrogens with zero attached hydrogens (tertiary/aromatic N) is 3. The Bertz CT molecular complexity index is 770. The van der Waals surface area contributed by atoms with E-state index in [1.807, 2.05) is 14.0 Å². The van der Waals surface area contributed by atoms with Crippen LogP contribution in [-0.4, -0.2) is 40.1 Å². The minimum atomic E-state index is -0.494. The number of halogens is 1. The van der Waals surface area contributed by atoms with Crippen molar-refractivity contribution in [2.75, 3.05) is 18.9 Å². The molecule has 3 N–H and O–H groups in total. The van der Waals surface area contributed by atoms with Gasteiger partial charge < -0.3 is 16.0 Å². The van der Waals surface area contributed by atoms with Gasteiger partial charge in [-0.1, -0.05) is 0 Å². The first-order chi connectivity index (χ1) is 11.0. The maximum Gasteiger partial charge on any atom is 0.274 e. The Labute approximate surface area is 150 Å². The fourth-order valence-electron chi connectivity index (χ4n) is 2.82. The highest BCUT2D eigenvalue weighted by molar-refractivity contribution is 7.17. The van der Waals surface area contributed by atoms with Crippen LogP contribution >= 0.6 is 23.7 Å². The Balaban J connectivity index is 0.00000208. The number of aromatic nitrogens is 2. The second kappa shape index (κ2) is 7.33. The monoisotopic (exact) mass is 369 g/mol. The molecule has 2 aromatic rings. The summed E-state index contributed by atoms with van der Waals surface area (Å²) < 4.78 is 1.61. The molecule has 0 aliphatic carbocycles. The Morgan fingerprint density at radius 3 is 2.88 bits per heavy atom. The van der Waals surface area contributed by atoms with Crippen LogP contribution in [0.15, 0.2) is 12.3 Å². The van der Waals surface area contributed by atoms with Gasteiger partial charge in [-0.15, -0.1) is 23.7 Å². The molecule has 24 heavy (non-hydrogen) atoms. The first kappa shape index (κ1) is 18.4. The fraction of sp³-hybridized carbons (Fsp3) is 0.400. The highest BCUT2D eigenvalue weighted by Gasteiger charge is 2.27. The molecule has 0 aromatic carbocycles. The van der Waals surface area contributed by atoms with Gasteiger partial charge in [0, 0.05) is 30.7 Å². The van der Waals surface area contributed by atoms with Crippen LogP contribution in [0.4, 0.5) is 5.00 Å². The summed E-state index contributed by atoms with van der Waals surface area (Å²) in [6.45, 7) is 4.16. The molecule has 0 atom stereocenters. The maximum atomic E-state index is 12.5. The zero-order chi connectivity index (χ0) is 16.6. The number of fused-ring (bicyclic) bond motifs is 1. The van der Waals surface area contributed by atoms with Crippen molar-refractivity contribution in [1.29, 1.82) is 0 Å². The van der Waals surface area contributed by atoms with Crippen LogP contribution in [0.2, 0.25) is 0 Å². The van der Waals surface area contributed by atoms with E-state index in [1.54, 1.807) is 16.9 Å². The number of carbonyl (C=O) groups is 2. The minimum Gasteiger partial charge on any atom is -0.365 e. The number of nitrogens with two attached hydrogens (primary N) is 1. The number of aryl methyl sites for hydroxylation is 1. The predicted octanol–water partition coefficient (Wildman–Crippen LogP) is 1.73. The standard InChI is InChI=1S/C15H19N5O2S.ClH/c1-3-20-10(4-6-17-20)14(22)18-15-12(13(16)21)9-5-7-19(2)8-11(9)23-15;/h4,6H,3,5,7-8H2,1-2H3,(H2,16,21)(H,18,22);1H. The number of hydrogen-bond acceptors (Lipinski definition) is 5. The molecule has 1 aliphatic heterocycles. The van der Waals surface area contributed by atoms with E-state index in [9.17, 15) is 9.59 Å². The van der Waals surface area contributed by atoms with Crippen molar-refractivity contribution < 1.29 is 9.59 Å². The van der Waals surface area contributed by atoms with Crippen LogP contribution in [0, 0.1) is 0 Å². The normalized spacial score (nSPS) is 13.9. The van der Waals surface area contributed by atoms with E-state index in [0.717, 1.165) is 30.0 Å². The summed E-state index contributed by atoms with van der Waals surface area (Å²) in [7, 11) is 2.03. The van der Waals surface area contributed by atoms with Gasteiger partial charge >= 0.3 is 0 Å². The van der Waals surface area contributed by atoms with E-state index in [1.165, 1.54) is 11.3 Å². The van der Waals surface area contributed by atoms with Gasteiger partial charge in [-0.2, -0.15) is 5.10 Å². The molecule has 0 saturated carbocycles. The molecule has 2 amide bonds. The SMILES string of the molecule is CCn1nccc1C(=O)Nc1sc2c(c1C(N)=O)CCN(C)C2.Cl. The molecular formula is C15H20ClN5O2S.